The maximum absolute atomic E-state index is 14.1. The molecule has 5 aliphatic carbocycles. The number of allylic oxidation sites excluding steroid dienone is 2. The Kier molecular flexibility index (Phi) is 5.53. The molecule has 9 atom stereocenters. The minimum absolute atomic E-state index is 0.00974. The number of carbonyl (C=O) groups excluding carboxylic acids is 2. The number of nitriles is 1. The summed E-state index contributed by atoms with van der Waals surface area (Å²) in [6.45, 7) is 11.6. The standard InChI is InChI=1S/C30H43NO3/c1-18-20-6-8-28(4)21-7-9-30(12-13-32)11-10-27(2,3)16-22(30)25(21)23(33)14-24(28)29(20,5)15-19(17-31)26(18)34/h15,18,20-22,24-25,32H,6-14,16H2,1-5H3. The van der Waals surface area contributed by atoms with Crippen LogP contribution in [0.3, 0.4) is 0 Å². The van der Waals surface area contributed by atoms with Crippen LogP contribution in [0.1, 0.15) is 92.4 Å². The van der Waals surface area contributed by atoms with Gasteiger partial charge < -0.3 is 5.11 Å². The molecule has 0 radical (unpaired) electrons. The van der Waals surface area contributed by atoms with E-state index >= 15 is 0 Å². The lowest BCUT2D eigenvalue weighted by Crippen LogP contribution is -2.63. The summed E-state index contributed by atoms with van der Waals surface area (Å²) in [4.78, 5) is 27.0. The van der Waals surface area contributed by atoms with Crippen molar-refractivity contribution in [2.75, 3.05) is 6.61 Å². The number of nitrogens with zero attached hydrogens (tertiary/aromatic N) is 1. The molecular formula is C30H43NO3. The number of fused-ring (bicyclic) bond motifs is 7. The van der Waals surface area contributed by atoms with Gasteiger partial charge in [0.2, 0.25) is 0 Å². The van der Waals surface area contributed by atoms with Gasteiger partial charge in [-0.05, 0) is 96.7 Å². The van der Waals surface area contributed by atoms with Crippen LogP contribution in [-0.4, -0.2) is 23.3 Å². The van der Waals surface area contributed by atoms with E-state index in [1.807, 2.05) is 13.0 Å². The van der Waals surface area contributed by atoms with Gasteiger partial charge in [0.1, 0.15) is 11.9 Å². The summed E-state index contributed by atoms with van der Waals surface area (Å²) in [5.41, 5.74) is 0.442. The van der Waals surface area contributed by atoms with E-state index in [9.17, 15) is 20.0 Å². The lowest BCUT2D eigenvalue weighted by molar-refractivity contribution is -0.187. The Morgan fingerprint density at radius 1 is 1.03 bits per heavy atom. The Morgan fingerprint density at radius 2 is 1.74 bits per heavy atom. The van der Waals surface area contributed by atoms with Gasteiger partial charge >= 0.3 is 0 Å². The summed E-state index contributed by atoms with van der Waals surface area (Å²) in [7, 11) is 0. The molecule has 34 heavy (non-hydrogen) atoms. The van der Waals surface area contributed by atoms with Crippen molar-refractivity contribution in [1.29, 1.82) is 5.26 Å². The SMILES string of the molecule is CC1C(=O)C(C#N)=CC2(C)C1CCC1(C)C3CCC4(CCO)CCC(C)(C)CC4C3C(=O)CC21. The summed E-state index contributed by atoms with van der Waals surface area (Å²) < 4.78 is 0. The van der Waals surface area contributed by atoms with Gasteiger partial charge in [-0.1, -0.05) is 40.7 Å². The summed E-state index contributed by atoms with van der Waals surface area (Å²) in [5.74, 6) is 1.51. The fraction of sp³-hybridized carbons (Fsp3) is 0.833. The minimum Gasteiger partial charge on any atom is -0.396 e. The first-order valence-electron chi connectivity index (χ1n) is 13.7. The highest BCUT2D eigenvalue weighted by Gasteiger charge is 2.66. The van der Waals surface area contributed by atoms with Crippen LogP contribution >= 0.6 is 0 Å². The van der Waals surface area contributed by atoms with Crippen LogP contribution in [0.4, 0.5) is 0 Å². The zero-order valence-electron chi connectivity index (χ0n) is 21.8. The van der Waals surface area contributed by atoms with Gasteiger partial charge in [0.25, 0.3) is 0 Å². The predicted octanol–water partition coefficient (Wildman–Crippen LogP) is 5.89. The molecule has 4 heteroatoms. The molecule has 5 rings (SSSR count). The number of hydrogen-bond donors (Lipinski definition) is 1. The van der Waals surface area contributed by atoms with Gasteiger partial charge in [0.05, 0.1) is 5.57 Å². The third-order valence-electron chi connectivity index (χ3n) is 12.1. The third kappa shape index (κ3) is 3.18. The van der Waals surface area contributed by atoms with Crippen LogP contribution in [0, 0.1) is 68.5 Å². The van der Waals surface area contributed by atoms with E-state index < -0.39 is 0 Å². The second kappa shape index (κ2) is 7.76. The average Bonchev–Trinajstić information content (AvgIpc) is 2.78. The highest BCUT2D eigenvalue weighted by Crippen LogP contribution is 2.71. The number of Topliss-reactive ketones (excluding diaryl/α,β-unsaturated/α-hetero) is 2. The lowest BCUT2D eigenvalue weighted by Gasteiger charge is -2.67. The van der Waals surface area contributed by atoms with Crippen molar-refractivity contribution in [2.24, 2.45) is 57.2 Å². The summed E-state index contributed by atoms with van der Waals surface area (Å²) >= 11 is 0. The number of aliphatic hydroxyl groups is 1. The zero-order valence-corrected chi connectivity index (χ0v) is 21.8. The highest BCUT2D eigenvalue weighted by atomic mass is 16.3. The second-order valence-electron chi connectivity index (χ2n) is 14.0. The number of aliphatic hydroxyl groups excluding tert-OH is 1. The molecule has 0 aromatic carbocycles. The van der Waals surface area contributed by atoms with Crippen LogP contribution in [0.15, 0.2) is 11.6 Å². The number of ketones is 2. The smallest absolute Gasteiger partial charge is 0.176 e. The van der Waals surface area contributed by atoms with E-state index in [0.29, 0.717) is 29.6 Å². The Labute approximate surface area is 205 Å². The molecular weight excluding hydrogens is 422 g/mol. The second-order valence-corrected chi connectivity index (χ2v) is 14.0. The monoisotopic (exact) mass is 465 g/mol. The van der Waals surface area contributed by atoms with Crippen LogP contribution in [0.5, 0.6) is 0 Å². The maximum Gasteiger partial charge on any atom is 0.176 e. The van der Waals surface area contributed by atoms with E-state index in [-0.39, 0.29) is 57.7 Å². The van der Waals surface area contributed by atoms with E-state index in [1.165, 1.54) is 6.42 Å². The van der Waals surface area contributed by atoms with Crippen LogP contribution in [0.2, 0.25) is 0 Å². The average molecular weight is 466 g/mol. The molecule has 186 valence electrons. The number of hydrogen-bond acceptors (Lipinski definition) is 4. The van der Waals surface area contributed by atoms with Gasteiger partial charge in [-0.25, -0.2) is 0 Å². The topological polar surface area (TPSA) is 78.2 Å². The third-order valence-corrected chi connectivity index (χ3v) is 12.1. The van der Waals surface area contributed by atoms with Crippen molar-refractivity contribution >= 4 is 11.6 Å². The molecule has 0 aliphatic heterocycles. The van der Waals surface area contributed by atoms with Gasteiger partial charge in [0.15, 0.2) is 5.78 Å². The summed E-state index contributed by atoms with van der Waals surface area (Å²) in [6, 6.07) is 2.19. The van der Waals surface area contributed by atoms with Crippen molar-refractivity contribution in [2.45, 2.75) is 92.4 Å². The van der Waals surface area contributed by atoms with Gasteiger partial charge in [-0.3, -0.25) is 9.59 Å². The summed E-state index contributed by atoms with van der Waals surface area (Å²) in [6.07, 6.45) is 11.1. The van der Waals surface area contributed by atoms with E-state index in [1.54, 1.807) is 0 Å². The van der Waals surface area contributed by atoms with E-state index in [4.69, 9.17) is 0 Å². The van der Waals surface area contributed by atoms with Gasteiger partial charge in [-0.15, -0.1) is 0 Å². The quantitative estimate of drug-likeness (QED) is 0.552. The molecule has 0 heterocycles. The fourth-order valence-electron chi connectivity index (χ4n) is 10.3. The van der Waals surface area contributed by atoms with Crippen molar-refractivity contribution < 1.29 is 14.7 Å². The maximum atomic E-state index is 14.1. The van der Waals surface area contributed by atoms with Crippen LogP contribution in [0.25, 0.3) is 0 Å². The Hall–Kier alpha value is -1.47. The van der Waals surface area contributed by atoms with Crippen molar-refractivity contribution in [3.63, 3.8) is 0 Å². The fourth-order valence-corrected chi connectivity index (χ4v) is 10.3. The molecule has 0 aromatic rings. The van der Waals surface area contributed by atoms with Crippen LogP contribution in [-0.2, 0) is 9.59 Å². The first-order valence-corrected chi connectivity index (χ1v) is 13.7. The number of carbonyl (C=O) groups is 2. The molecule has 4 fully saturated rings. The molecule has 0 saturated heterocycles. The molecule has 9 unspecified atom stereocenters. The molecule has 1 N–H and O–H groups in total. The van der Waals surface area contributed by atoms with Crippen LogP contribution < -0.4 is 0 Å². The first-order chi connectivity index (χ1) is 15.9. The van der Waals surface area contributed by atoms with Crippen molar-refractivity contribution in [3.05, 3.63) is 11.6 Å². The van der Waals surface area contributed by atoms with E-state index in [2.05, 4.69) is 33.8 Å². The van der Waals surface area contributed by atoms with Gasteiger partial charge in [0, 0.05) is 24.9 Å². The Bertz CT molecular complexity index is 974. The Balaban J connectivity index is 1.56. The molecule has 0 spiro atoms. The highest BCUT2D eigenvalue weighted by molar-refractivity contribution is 6.01. The zero-order chi connectivity index (χ0) is 24.7. The molecule has 0 aromatic heterocycles. The summed E-state index contributed by atoms with van der Waals surface area (Å²) in [5, 5.41) is 19.7. The molecule has 0 amide bonds. The predicted molar refractivity (Wildman–Crippen MR) is 131 cm³/mol. The largest absolute Gasteiger partial charge is 0.396 e. The first kappa shape index (κ1) is 24.2. The Morgan fingerprint density at radius 3 is 2.41 bits per heavy atom. The molecule has 4 nitrogen and oxygen atoms in total. The van der Waals surface area contributed by atoms with Gasteiger partial charge in [-0.2, -0.15) is 5.26 Å². The normalized spacial score (nSPS) is 49.6. The van der Waals surface area contributed by atoms with Crippen molar-refractivity contribution in [1.82, 2.24) is 0 Å². The minimum atomic E-state index is -0.280. The van der Waals surface area contributed by atoms with Crippen molar-refractivity contribution in [3.8, 4) is 6.07 Å². The molecule has 0 bridgehead atoms. The number of rotatable bonds is 2. The van der Waals surface area contributed by atoms with E-state index in [0.717, 1.165) is 44.9 Å². The lowest BCUT2D eigenvalue weighted by atomic mass is 9.36. The molecule has 4 saturated carbocycles. The molecule has 5 aliphatic rings.